The quantitative estimate of drug-likeness (QED) is 0.402. The number of ether oxygens (including phenoxy) is 3. The van der Waals surface area contributed by atoms with Crippen molar-refractivity contribution >= 4 is 17.8 Å². The van der Waals surface area contributed by atoms with Gasteiger partial charge in [0.05, 0.1) is 5.56 Å². The van der Waals surface area contributed by atoms with E-state index >= 15 is 0 Å². The molecule has 0 aliphatic carbocycles. The zero-order chi connectivity index (χ0) is 26.2. The fraction of sp³-hybridized carbons (Fsp3) is 0.250. The molecule has 0 bridgehead atoms. The summed E-state index contributed by atoms with van der Waals surface area (Å²) in [6, 6.07) is 24.4. The Labute approximate surface area is 214 Å². The summed E-state index contributed by atoms with van der Waals surface area (Å²) >= 11 is 0. The lowest BCUT2D eigenvalue weighted by atomic mass is 9.95. The summed E-state index contributed by atoms with van der Waals surface area (Å²) in [5.74, 6) is -1.46. The minimum atomic E-state index is -1.50. The van der Waals surface area contributed by atoms with Gasteiger partial charge >= 0.3 is 5.97 Å². The van der Waals surface area contributed by atoms with Crippen LogP contribution in [-0.2, 0) is 14.2 Å². The van der Waals surface area contributed by atoms with Crippen LogP contribution >= 0.6 is 0 Å². The fourth-order valence-electron chi connectivity index (χ4n) is 4.14. The van der Waals surface area contributed by atoms with E-state index in [4.69, 9.17) is 14.2 Å². The first-order valence-corrected chi connectivity index (χ1v) is 11.8. The molecule has 4 rings (SSSR count). The summed E-state index contributed by atoms with van der Waals surface area (Å²) in [4.78, 5) is 38.4. The van der Waals surface area contributed by atoms with E-state index in [1.807, 2.05) is 0 Å². The van der Waals surface area contributed by atoms with Gasteiger partial charge in [0.1, 0.15) is 18.2 Å². The molecule has 2 amide bonds. The topological polar surface area (TPSA) is 123 Å². The zero-order valence-electron chi connectivity index (χ0n) is 20.2. The molecule has 3 aromatic carbocycles. The first kappa shape index (κ1) is 26.0. The lowest BCUT2D eigenvalue weighted by Gasteiger charge is -2.44. The van der Waals surface area contributed by atoms with Crippen LogP contribution in [0.15, 0.2) is 91.0 Å². The maximum atomic E-state index is 12.9. The summed E-state index contributed by atoms with van der Waals surface area (Å²) in [5, 5.41) is 16.3. The highest BCUT2D eigenvalue weighted by molar-refractivity contribution is 5.95. The Hall–Kier alpha value is -4.05. The lowest BCUT2D eigenvalue weighted by Crippen LogP contribution is -2.66. The molecule has 9 nitrogen and oxygen atoms in total. The van der Waals surface area contributed by atoms with E-state index in [1.165, 1.54) is 7.11 Å². The summed E-state index contributed by atoms with van der Waals surface area (Å²) in [6.45, 7) is -0.0866. The number of methoxy groups -OCH3 is 1. The standard InChI is InChI=1S/C28H28N2O7/c1-35-24-22(30-26(32)19-13-7-3-8-14-19)28(34)36-21(17-29-25(31)18-11-5-2-6-12-18)23(24)37-27(33)20-15-9-4-10-16-20/h2-16,21-24,28,34H,17H2,1H3,(H,29,31)(H,30,32)/t21-,22-,23+,24-,28+/m1/s1. The van der Waals surface area contributed by atoms with Gasteiger partial charge in [0.2, 0.25) is 0 Å². The maximum Gasteiger partial charge on any atom is 0.338 e. The number of rotatable bonds is 8. The van der Waals surface area contributed by atoms with E-state index in [0.29, 0.717) is 16.7 Å². The number of aliphatic hydroxyl groups is 1. The second-order valence-electron chi connectivity index (χ2n) is 8.44. The van der Waals surface area contributed by atoms with Crippen molar-refractivity contribution in [3.05, 3.63) is 108 Å². The Morgan fingerprint density at radius 1 is 0.784 bits per heavy atom. The largest absolute Gasteiger partial charge is 0.453 e. The average molecular weight is 505 g/mol. The third-order valence-electron chi connectivity index (χ3n) is 6.02. The van der Waals surface area contributed by atoms with Gasteiger partial charge in [-0.1, -0.05) is 54.6 Å². The molecular formula is C28H28N2O7. The van der Waals surface area contributed by atoms with Crippen LogP contribution in [0, 0.1) is 0 Å². The summed E-state index contributed by atoms with van der Waals surface area (Å²) in [5.41, 5.74) is 1.12. The number of benzene rings is 3. The van der Waals surface area contributed by atoms with Crippen molar-refractivity contribution in [3.63, 3.8) is 0 Å². The van der Waals surface area contributed by atoms with Crippen LogP contribution in [-0.4, -0.2) is 67.2 Å². The second kappa shape index (κ2) is 12.3. The normalized spacial score (nSPS) is 23.0. The van der Waals surface area contributed by atoms with E-state index in [0.717, 1.165) is 0 Å². The lowest BCUT2D eigenvalue weighted by molar-refractivity contribution is -0.248. The van der Waals surface area contributed by atoms with Crippen LogP contribution in [0.5, 0.6) is 0 Å². The Kier molecular flexibility index (Phi) is 8.63. The number of amides is 2. The van der Waals surface area contributed by atoms with Crippen molar-refractivity contribution < 1.29 is 33.7 Å². The molecule has 0 saturated carbocycles. The molecule has 37 heavy (non-hydrogen) atoms. The average Bonchev–Trinajstić information content (AvgIpc) is 2.95. The van der Waals surface area contributed by atoms with Crippen molar-refractivity contribution in [3.8, 4) is 0 Å². The molecular weight excluding hydrogens is 476 g/mol. The van der Waals surface area contributed by atoms with Crippen LogP contribution < -0.4 is 10.6 Å². The molecule has 192 valence electrons. The molecule has 0 aromatic heterocycles. The van der Waals surface area contributed by atoms with Gasteiger partial charge in [-0.15, -0.1) is 0 Å². The number of carbonyl (C=O) groups is 3. The molecule has 0 spiro atoms. The van der Waals surface area contributed by atoms with Crippen molar-refractivity contribution in [1.29, 1.82) is 0 Å². The van der Waals surface area contributed by atoms with Gasteiger partial charge in [0, 0.05) is 24.8 Å². The van der Waals surface area contributed by atoms with Crippen LogP contribution in [0.2, 0.25) is 0 Å². The highest BCUT2D eigenvalue weighted by Crippen LogP contribution is 2.26. The van der Waals surface area contributed by atoms with Gasteiger partial charge in [-0.25, -0.2) is 4.79 Å². The first-order chi connectivity index (χ1) is 18.0. The van der Waals surface area contributed by atoms with Crippen molar-refractivity contribution in [2.45, 2.75) is 30.6 Å². The Bertz CT molecular complexity index is 1190. The monoisotopic (exact) mass is 504 g/mol. The summed E-state index contributed by atoms with van der Waals surface area (Å²) < 4.78 is 17.2. The Morgan fingerprint density at radius 3 is 1.84 bits per heavy atom. The third kappa shape index (κ3) is 6.39. The predicted octanol–water partition coefficient (Wildman–Crippen LogP) is 2.17. The fourth-order valence-corrected chi connectivity index (χ4v) is 4.14. The number of carbonyl (C=O) groups excluding carboxylic acids is 3. The van der Waals surface area contributed by atoms with Gasteiger partial charge in [-0.3, -0.25) is 9.59 Å². The van der Waals surface area contributed by atoms with Crippen molar-refractivity contribution in [1.82, 2.24) is 10.6 Å². The summed E-state index contributed by atoms with van der Waals surface area (Å²) in [6.07, 6.45) is -4.52. The smallest absolute Gasteiger partial charge is 0.338 e. The van der Waals surface area contributed by atoms with Gasteiger partial charge in [-0.05, 0) is 36.4 Å². The highest BCUT2D eigenvalue weighted by Gasteiger charge is 2.48. The van der Waals surface area contributed by atoms with Gasteiger partial charge < -0.3 is 30.0 Å². The third-order valence-corrected chi connectivity index (χ3v) is 6.02. The number of aliphatic hydroxyl groups excluding tert-OH is 1. The number of hydrogen-bond donors (Lipinski definition) is 3. The maximum absolute atomic E-state index is 12.9. The van der Waals surface area contributed by atoms with E-state index < -0.39 is 42.5 Å². The molecule has 3 N–H and O–H groups in total. The Morgan fingerprint density at radius 2 is 1.30 bits per heavy atom. The second-order valence-corrected chi connectivity index (χ2v) is 8.44. The van der Waals surface area contributed by atoms with E-state index in [-0.39, 0.29) is 12.5 Å². The molecule has 0 radical (unpaired) electrons. The minimum absolute atomic E-state index is 0.0866. The van der Waals surface area contributed by atoms with Gasteiger partial charge in [-0.2, -0.15) is 0 Å². The highest BCUT2D eigenvalue weighted by atomic mass is 16.6. The predicted molar refractivity (Wildman–Crippen MR) is 134 cm³/mol. The van der Waals surface area contributed by atoms with Crippen LogP contribution in [0.25, 0.3) is 0 Å². The van der Waals surface area contributed by atoms with Crippen LogP contribution in [0.4, 0.5) is 0 Å². The zero-order valence-corrected chi connectivity index (χ0v) is 20.2. The van der Waals surface area contributed by atoms with Crippen LogP contribution in [0.1, 0.15) is 31.1 Å². The molecule has 1 fully saturated rings. The van der Waals surface area contributed by atoms with E-state index in [9.17, 15) is 19.5 Å². The molecule has 3 aromatic rings. The van der Waals surface area contributed by atoms with Crippen molar-refractivity contribution in [2.24, 2.45) is 0 Å². The van der Waals surface area contributed by atoms with E-state index in [1.54, 1.807) is 91.0 Å². The summed E-state index contributed by atoms with van der Waals surface area (Å²) in [7, 11) is 1.38. The molecule has 9 heteroatoms. The number of esters is 1. The molecule has 0 unspecified atom stereocenters. The molecule has 1 heterocycles. The Balaban J connectivity index is 1.55. The van der Waals surface area contributed by atoms with Gasteiger partial charge in [0.15, 0.2) is 12.4 Å². The first-order valence-electron chi connectivity index (χ1n) is 11.8. The number of hydrogen-bond acceptors (Lipinski definition) is 7. The minimum Gasteiger partial charge on any atom is -0.453 e. The SMILES string of the molecule is CO[C@@H]1[C@@H](NC(=O)c2ccccc2)[C@@H](O)O[C@H](CNC(=O)c2ccccc2)[C@@H]1OC(=O)c1ccccc1. The molecule has 1 aliphatic heterocycles. The number of nitrogens with one attached hydrogen (secondary N) is 2. The molecule has 1 saturated heterocycles. The van der Waals surface area contributed by atoms with Crippen molar-refractivity contribution in [2.75, 3.05) is 13.7 Å². The molecule has 5 atom stereocenters. The molecule has 1 aliphatic rings. The van der Waals surface area contributed by atoms with Gasteiger partial charge in [0.25, 0.3) is 11.8 Å². The van der Waals surface area contributed by atoms with E-state index in [2.05, 4.69) is 10.6 Å². The van der Waals surface area contributed by atoms with Crippen LogP contribution in [0.3, 0.4) is 0 Å².